The summed E-state index contributed by atoms with van der Waals surface area (Å²) < 4.78 is 7.24. The second-order valence-electron chi connectivity index (χ2n) is 4.39. The third-order valence-corrected chi connectivity index (χ3v) is 4.11. The van der Waals surface area contributed by atoms with Crippen molar-refractivity contribution in [1.82, 2.24) is 9.38 Å². The van der Waals surface area contributed by atoms with Crippen LogP contribution in [0.2, 0.25) is 0 Å². The van der Waals surface area contributed by atoms with Gasteiger partial charge in [0.15, 0.2) is 0 Å². The maximum Gasteiger partial charge on any atom is 0.137 e. The molecule has 20 heavy (non-hydrogen) atoms. The predicted octanol–water partition coefficient (Wildman–Crippen LogP) is 3.22. The molecule has 0 bridgehead atoms. The van der Waals surface area contributed by atoms with Gasteiger partial charge < -0.3 is 14.9 Å². The number of nitrogens with two attached hydrogens (primary N) is 1. The van der Waals surface area contributed by atoms with E-state index < -0.39 is 0 Å². The van der Waals surface area contributed by atoms with Crippen LogP contribution in [0.5, 0.6) is 5.75 Å². The van der Waals surface area contributed by atoms with Gasteiger partial charge in [0.05, 0.1) is 12.8 Å². The molecule has 0 atom stereocenters. The van der Waals surface area contributed by atoms with Crippen molar-refractivity contribution in [3.05, 3.63) is 54.5 Å². The summed E-state index contributed by atoms with van der Waals surface area (Å²) in [5, 5.41) is 0. The van der Waals surface area contributed by atoms with Crippen molar-refractivity contribution < 1.29 is 4.74 Å². The van der Waals surface area contributed by atoms with Crippen molar-refractivity contribution in [2.45, 2.75) is 10.6 Å². The van der Waals surface area contributed by atoms with Crippen LogP contribution in [0.15, 0.2) is 53.7 Å². The topological polar surface area (TPSA) is 52.5 Å². The highest BCUT2D eigenvalue weighted by atomic mass is 32.2. The van der Waals surface area contributed by atoms with Gasteiger partial charge in [0.1, 0.15) is 11.4 Å². The van der Waals surface area contributed by atoms with E-state index in [0.717, 1.165) is 33.4 Å². The van der Waals surface area contributed by atoms with Crippen molar-refractivity contribution in [2.24, 2.45) is 0 Å². The van der Waals surface area contributed by atoms with Gasteiger partial charge in [0.2, 0.25) is 0 Å². The van der Waals surface area contributed by atoms with Crippen LogP contribution >= 0.6 is 11.8 Å². The fourth-order valence-corrected chi connectivity index (χ4v) is 2.85. The normalized spacial score (nSPS) is 10.8. The zero-order valence-electron chi connectivity index (χ0n) is 11.1. The number of thioether (sulfide) groups is 1. The van der Waals surface area contributed by atoms with E-state index >= 15 is 0 Å². The summed E-state index contributed by atoms with van der Waals surface area (Å²) >= 11 is 1.66. The highest BCUT2D eigenvalue weighted by Crippen LogP contribution is 2.31. The smallest absolute Gasteiger partial charge is 0.137 e. The number of imidazole rings is 1. The zero-order valence-corrected chi connectivity index (χ0v) is 11.9. The number of benzene rings is 1. The van der Waals surface area contributed by atoms with E-state index in [0.29, 0.717) is 0 Å². The van der Waals surface area contributed by atoms with Gasteiger partial charge >= 0.3 is 0 Å². The number of hydrogen-bond donors (Lipinski definition) is 1. The first-order valence-electron chi connectivity index (χ1n) is 6.25. The lowest BCUT2D eigenvalue weighted by molar-refractivity contribution is 0.414. The largest absolute Gasteiger partial charge is 0.497 e. The van der Waals surface area contributed by atoms with E-state index in [4.69, 9.17) is 10.5 Å². The summed E-state index contributed by atoms with van der Waals surface area (Å²) in [7, 11) is 1.65. The second kappa shape index (κ2) is 5.46. The first-order valence-corrected chi connectivity index (χ1v) is 7.24. The Kier molecular flexibility index (Phi) is 3.52. The van der Waals surface area contributed by atoms with Gasteiger partial charge in [-0.25, -0.2) is 4.98 Å². The Morgan fingerprint density at radius 2 is 2.20 bits per heavy atom. The standard InChI is InChI=1S/C15H15N3OS/c1-19-12-5-6-13(16)14(8-12)20-10-11-9-18-7-3-2-4-15(18)17-11/h2-9H,10,16H2,1H3. The number of ether oxygens (including phenoxy) is 1. The average Bonchev–Trinajstić information content (AvgIpc) is 2.89. The van der Waals surface area contributed by atoms with Crippen LogP contribution in [0.1, 0.15) is 5.69 Å². The molecular formula is C15H15N3OS. The Balaban J connectivity index is 1.79. The number of rotatable bonds is 4. The van der Waals surface area contributed by atoms with Crippen LogP contribution in [0.25, 0.3) is 5.65 Å². The zero-order chi connectivity index (χ0) is 13.9. The number of aromatic nitrogens is 2. The molecular weight excluding hydrogens is 270 g/mol. The fraction of sp³-hybridized carbons (Fsp3) is 0.133. The number of nitrogen functional groups attached to an aromatic ring is 1. The van der Waals surface area contributed by atoms with Gasteiger partial charge in [-0.15, -0.1) is 11.8 Å². The lowest BCUT2D eigenvalue weighted by Crippen LogP contribution is -1.91. The maximum absolute atomic E-state index is 5.98. The highest BCUT2D eigenvalue weighted by Gasteiger charge is 2.05. The summed E-state index contributed by atoms with van der Waals surface area (Å²) in [6.45, 7) is 0. The third kappa shape index (κ3) is 2.58. The molecule has 1 aromatic carbocycles. The molecule has 4 nitrogen and oxygen atoms in total. The van der Waals surface area contributed by atoms with Crippen LogP contribution in [0.3, 0.4) is 0 Å². The van der Waals surface area contributed by atoms with Crippen LogP contribution < -0.4 is 10.5 Å². The van der Waals surface area contributed by atoms with Crippen molar-refractivity contribution in [3.63, 3.8) is 0 Å². The average molecular weight is 285 g/mol. The number of nitrogens with zero attached hydrogens (tertiary/aromatic N) is 2. The van der Waals surface area contributed by atoms with E-state index in [1.807, 2.05) is 53.2 Å². The van der Waals surface area contributed by atoms with E-state index in [1.165, 1.54) is 0 Å². The summed E-state index contributed by atoms with van der Waals surface area (Å²) in [4.78, 5) is 5.59. The molecule has 0 radical (unpaired) electrons. The van der Waals surface area contributed by atoms with Crippen LogP contribution in [0.4, 0.5) is 5.69 Å². The summed E-state index contributed by atoms with van der Waals surface area (Å²) in [6.07, 6.45) is 4.04. The molecule has 0 fully saturated rings. The van der Waals surface area contributed by atoms with Crippen molar-refractivity contribution >= 4 is 23.1 Å². The summed E-state index contributed by atoms with van der Waals surface area (Å²) in [5.74, 6) is 1.59. The van der Waals surface area contributed by atoms with Gasteiger partial charge in [-0.05, 0) is 30.3 Å². The lowest BCUT2D eigenvalue weighted by Gasteiger charge is -2.06. The van der Waals surface area contributed by atoms with Crippen LogP contribution in [0, 0.1) is 0 Å². The Morgan fingerprint density at radius 1 is 1.30 bits per heavy atom. The molecule has 0 amide bonds. The molecule has 3 aromatic rings. The van der Waals surface area contributed by atoms with E-state index in [1.54, 1.807) is 18.9 Å². The Morgan fingerprint density at radius 3 is 3.00 bits per heavy atom. The molecule has 2 heterocycles. The molecule has 0 saturated carbocycles. The number of methoxy groups -OCH3 is 1. The Hall–Kier alpha value is -2.14. The number of fused-ring (bicyclic) bond motifs is 1. The Bertz CT molecular complexity index is 706. The minimum atomic E-state index is 0.763. The molecule has 0 aliphatic carbocycles. The first-order chi connectivity index (χ1) is 9.76. The predicted molar refractivity (Wildman–Crippen MR) is 82.2 cm³/mol. The minimum absolute atomic E-state index is 0.763. The number of hydrogen-bond acceptors (Lipinski definition) is 4. The van der Waals surface area contributed by atoms with Gasteiger partial charge in [-0.1, -0.05) is 6.07 Å². The number of pyridine rings is 1. The fourth-order valence-electron chi connectivity index (χ4n) is 1.98. The summed E-state index contributed by atoms with van der Waals surface area (Å²) in [6, 6.07) is 11.7. The third-order valence-electron chi connectivity index (χ3n) is 3.01. The summed E-state index contributed by atoms with van der Waals surface area (Å²) in [5.41, 5.74) is 8.74. The van der Waals surface area contributed by atoms with Crippen molar-refractivity contribution in [1.29, 1.82) is 0 Å². The quantitative estimate of drug-likeness (QED) is 0.590. The van der Waals surface area contributed by atoms with E-state index in [-0.39, 0.29) is 0 Å². The van der Waals surface area contributed by atoms with Gasteiger partial charge in [0.25, 0.3) is 0 Å². The molecule has 5 heteroatoms. The molecule has 0 saturated heterocycles. The van der Waals surface area contributed by atoms with Crippen molar-refractivity contribution in [2.75, 3.05) is 12.8 Å². The van der Waals surface area contributed by atoms with Gasteiger partial charge in [0, 0.05) is 28.7 Å². The number of anilines is 1. The maximum atomic E-state index is 5.98. The first kappa shape index (κ1) is 12.9. The molecule has 0 unspecified atom stereocenters. The molecule has 2 N–H and O–H groups in total. The molecule has 0 aliphatic heterocycles. The monoisotopic (exact) mass is 285 g/mol. The molecule has 0 aliphatic rings. The SMILES string of the molecule is COc1ccc(N)c(SCc2cn3ccccc3n2)c1. The molecule has 3 rings (SSSR count). The molecule has 102 valence electrons. The van der Waals surface area contributed by atoms with E-state index in [2.05, 4.69) is 4.98 Å². The highest BCUT2D eigenvalue weighted by molar-refractivity contribution is 7.98. The van der Waals surface area contributed by atoms with Crippen LogP contribution in [-0.2, 0) is 5.75 Å². The van der Waals surface area contributed by atoms with Crippen molar-refractivity contribution in [3.8, 4) is 5.75 Å². The van der Waals surface area contributed by atoms with E-state index in [9.17, 15) is 0 Å². The van der Waals surface area contributed by atoms with Gasteiger partial charge in [-0.3, -0.25) is 0 Å². The molecule has 2 aromatic heterocycles. The minimum Gasteiger partial charge on any atom is -0.497 e. The Labute approximate surface area is 121 Å². The second-order valence-corrected chi connectivity index (χ2v) is 5.41. The van der Waals surface area contributed by atoms with Crippen LogP contribution in [-0.4, -0.2) is 16.5 Å². The lowest BCUT2D eigenvalue weighted by atomic mass is 10.3. The molecule has 0 spiro atoms. The van der Waals surface area contributed by atoms with Gasteiger partial charge in [-0.2, -0.15) is 0 Å².